The van der Waals surface area contributed by atoms with E-state index in [9.17, 15) is 4.79 Å². The van der Waals surface area contributed by atoms with Gasteiger partial charge in [0.1, 0.15) is 18.1 Å². The van der Waals surface area contributed by atoms with Crippen molar-refractivity contribution in [2.24, 2.45) is 0 Å². The lowest BCUT2D eigenvalue weighted by Crippen LogP contribution is -2.04. The second-order valence-corrected chi connectivity index (χ2v) is 6.15. The number of furan rings is 1. The van der Waals surface area contributed by atoms with Gasteiger partial charge >= 0.3 is 5.97 Å². The molecule has 8 heteroatoms. The Bertz CT molecular complexity index is 954. The Balaban J connectivity index is 1.35. The summed E-state index contributed by atoms with van der Waals surface area (Å²) >= 11 is 1.55. The summed E-state index contributed by atoms with van der Waals surface area (Å²) in [5, 5.41) is 9.95. The summed E-state index contributed by atoms with van der Waals surface area (Å²) in [6.45, 7) is 0.469. The van der Waals surface area contributed by atoms with Gasteiger partial charge in [0.05, 0.1) is 11.4 Å². The van der Waals surface area contributed by atoms with Crippen LogP contribution in [0, 0.1) is 0 Å². The molecule has 0 fully saturated rings. The minimum atomic E-state index is -0.549. The average molecular weight is 355 g/mol. The molecule has 0 radical (unpaired) electrons. The number of ether oxygens (including phenoxy) is 1. The van der Waals surface area contributed by atoms with E-state index in [1.54, 1.807) is 40.4 Å². The third-order valence-corrected chi connectivity index (χ3v) is 4.30. The number of carbonyl (C=O) groups is 1. The fourth-order valence-electron chi connectivity index (χ4n) is 2.25. The molecule has 0 aliphatic carbocycles. The molecule has 126 valence electrons. The molecule has 0 unspecified atom stereocenters. The van der Waals surface area contributed by atoms with Gasteiger partial charge in [-0.15, -0.1) is 11.3 Å². The van der Waals surface area contributed by atoms with Gasteiger partial charge in [0.2, 0.25) is 5.76 Å². The molecule has 0 amide bonds. The Morgan fingerprint density at radius 3 is 3.04 bits per heavy atom. The molecule has 0 saturated heterocycles. The fraction of sp³-hybridized carbons (Fsp3) is 0.118. The molecule has 4 rings (SSSR count). The summed E-state index contributed by atoms with van der Waals surface area (Å²) in [5.41, 5.74) is 0.542. The number of thiophene rings is 1. The Morgan fingerprint density at radius 2 is 2.24 bits per heavy atom. The lowest BCUT2D eigenvalue weighted by atomic mass is 10.3. The molecule has 0 saturated carbocycles. The monoisotopic (exact) mass is 355 g/mol. The standard InChI is InChI=1S/C17H13N3O4S/c21-17(14-5-4-13(23-14)10-20-7-2-6-18-20)22-11-12-9-15(24-19-12)16-3-1-8-25-16/h1-9H,10-11H2. The zero-order valence-electron chi connectivity index (χ0n) is 13.0. The Kier molecular flexibility index (Phi) is 4.17. The van der Waals surface area contributed by atoms with Crippen LogP contribution in [0.4, 0.5) is 0 Å². The first-order chi connectivity index (χ1) is 12.3. The highest BCUT2D eigenvalue weighted by molar-refractivity contribution is 7.13. The van der Waals surface area contributed by atoms with Crippen molar-refractivity contribution in [3.8, 4) is 10.6 Å². The van der Waals surface area contributed by atoms with Crippen molar-refractivity contribution in [1.29, 1.82) is 0 Å². The van der Waals surface area contributed by atoms with Gasteiger partial charge < -0.3 is 13.7 Å². The molecule has 0 aliphatic rings. The van der Waals surface area contributed by atoms with Crippen LogP contribution in [-0.2, 0) is 17.9 Å². The van der Waals surface area contributed by atoms with Crippen molar-refractivity contribution >= 4 is 17.3 Å². The van der Waals surface area contributed by atoms with Gasteiger partial charge in [-0.3, -0.25) is 4.68 Å². The van der Waals surface area contributed by atoms with Crippen LogP contribution in [0.5, 0.6) is 0 Å². The van der Waals surface area contributed by atoms with E-state index >= 15 is 0 Å². The highest BCUT2D eigenvalue weighted by Crippen LogP contribution is 2.25. The van der Waals surface area contributed by atoms with Crippen molar-refractivity contribution in [3.63, 3.8) is 0 Å². The smallest absolute Gasteiger partial charge is 0.374 e. The highest BCUT2D eigenvalue weighted by atomic mass is 32.1. The molecule has 0 atom stereocenters. The Hall–Kier alpha value is -3.13. The Morgan fingerprint density at radius 1 is 1.28 bits per heavy atom. The first-order valence-corrected chi connectivity index (χ1v) is 8.38. The summed E-state index contributed by atoms with van der Waals surface area (Å²) in [5.74, 6) is 0.870. The third-order valence-electron chi connectivity index (χ3n) is 3.41. The predicted molar refractivity (Wildman–Crippen MR) is 89.0 cm³/mol. The van der Waals surface area contributed by atoms with Gasteiger partial charge in [0, 0.05) is 18.5 Å². The van der Waals surface area contributed by atoms with Crippen LogP contribution in [0.15, 0.2) is 63.1 Å². The molecule has 0 bridgehead atoms. The number of nitrogens with zero attached hydrogens (tertiary/aromatic N) is 3. The second kappa shape index (κ2) is 6.78. The number of hydrogen-bond acceptors (Lipinski definition) is 7. The van der Waals surface area contributed by atoms with Gasteiger partial charge in [-0.25, -0.2) is 4.79 Å². The van der Waals surface area contributed by atoms with Gasteiger partial charge in [-0.05, 0) is 29.6 Å². The van der Waals surface area contributed by atoms with E-state index < -0.39 is 5.97 Å². The maximum absolute atomic E-state index is 12.1. The van der Waals surface area contributed by atoms with Crippen LogP contribution in [0.2, 0.25) is 0 Å². The molecule has 4 heterocycles. The van der Waals surface area contributed by atoms with E-state index in [0.29, 0.717) is 23.8 Å². The highest BCUT2D eigenvalue weighted by Gasteiger charge is 2.15. The van der Waals surface area contributed by atoms with Crippen LogP contribution in [0.1, 0.15) is 22.0 Å². The van der Waals surface area contributed by atoms with Crippen LogP contribution in [0.3, 0.4) is 0 Å². The van der Waals surface area contributed by atoms with Crippen LogP contribution in [-0.4, -0.2) is 20.9 Å². The van der Waals surface area contributed by atoms with E-state index in [-0.39, 0.29) is 12.4 Å². The molecule has 25 heavy (non-hydrogen) atoms. The molecule has 0 aromatic carbocycles. The predicted octanol–water partition coefficient (Wildman–Crippen LogP) is 3.60. The van der Waals surface area contributed by atoms with Crippen molar-refractivity contribution in [2.45, 2.75) is 13.2 Å². The maximum Gasteiger partial charge on any atom is 0.374 e. The largest absolute Gasteiger partial charge is 0.453 e. The van der Waals surface area contributed by atoms with Crippen molar-refractivity contribution < 1.29 is 18.5 Å². The minimum absolute atomic E-state index is 0.0168. The summed E-state index contributed by atoms with van der Waals surface area (Å²) in [6, 6.07) is 10.8. The van der Waals surface area contributed by atoms with Gasteiger partial charge in [-0.1, -0.05) is 11.2 Å². The Labute approximate surface area is 146 Å². The first-order valence-electron chi connectivity index (χ1n) is 7.51. The summed E-state index contributed by atoms with van der Waals surface area (Å²) in [6.07, 6.45) is 3.50. The van der Waals surface area contributed by atoms with E-state index in [1.807, 2.05) is 29.8 Å². The summed E-state index contributed by atoms with van der Waals surface area (Å²) in [4.78, 5) is 13.0. The van der Waals surface area contributed by atoms with Crippen LogP contribution in [0.25, 0.3) is 10.6 Å². The zero-order valence-corrected chi connectivity index (χ0v) is 13.8. The number of esters is 1. The number of hydrogen-bond donors (Lipinski definition) is 0. The quantitative estimate of drug-likeness (QED) is 0.492. The minimum Gasteiger partial charge on any atom is -0.453 e. The third kappa shape index (κ3) is 3.53. The number of rotatable bonds is 6. The van der Waals surface area contributed by atoms with Crippen LogP contribution >= 0.6 is 11.3 Å². The van der Waals surface area contributed by atoms with E-state index in [4.69, 9.17) is 13.7 Å². The molecule has 0 spiro atoms. The molecule has 7 nitrogen and oxygen atoms in total. The molecular weight excluding hydrogens is 342 g/mol. The first kappa shape index (κ1) is 15.4. The molecule has 0 N–H and O–H groups in total. The fourth-order valence-corrected chi connectivity index (χ4v) is 2.92. The van der Waals surface area contributed by atoms with Crippen molar-refractivity contribution in [3.05, 3.63) is 71.4 Å². The van der Waals surface area contributed by atoms with Crippen molar-refractivity contribution in [1.82, 2.24) is 14.9 Å². The van der Waals surface area contributed by atoms with E-state index in [1.165, 1.54) is 0 Å². The van der Waals surface area contributed by atoms with E-state index in [0.717, 1.165) is 4.88 Å². The SMILES string of the molecule is O=C(OCc1cc(-c2cccs2)on1)c1ccc(Cn2cccn2)o1. The maximum atomic E-state index is 12.1. The lowest BCUT2D eigenvalue weighted by molar-refractivity contribution is 0.0425. The molecule has 4 aromatic rings. The average Bonchev–Trinajstić information content (AvgIpc) is 3.39. The normalized spacial score (nSPS) is 10.9. The van der Waals surface area contributed by atoms with Gasteiger partial charge in [-0.2, -0.15) is 5.10 Å². The number of carbonyl (C=O) groups excluding carboxylic acids is 1. The van der Waals surface area contributed by atoms with Gasteiger partial charge in [0.15, 0.2) is 5.76 Å². The van der Waals surface area contributed by atoms with Crippen LogP contribution < -0.4 is 0 Å². The van der Waals surface area contributed by atoms with E-state index in [2.05, 4.69) is 10.3 Å². The van der Waals surface area contributed by atoms with Crippen molar-refractivity contribution in [2.75, 3.05) is 0 Å². The zero-order chi connectivity index (χ0) is 17.1. The second-order valence-electron chi connectivity index (χ2n) is 5.21. The molecule has 4 aromatic heterocycles. The van der Waals surface area contributed by atoms with Gasteiger partial charge in [0.25, 0.3) is 0 Å². The molecule has 0 aliphatic heterocycles. The number of aromatic nitrogens is 3. The topological polar surface area (TPSA) is 83.3 Å². The summed E-state index contributed by atoms with van der Waals surface area (Å²) in [7, 11) is 0. The summed E-state index contributed by atoms with van der Waals surface area (Å²) < 4.78 is 17.7. The molecular formula is C17H13N3O4S. The lowest BCUT2D eigenvalue weighted by Gasteiger charge is -2.00.